The predicted octanol–water partition coefficient (Wildman–Crippen LogP) is 6.45. The lowest BCUT2D eigenvalue weighted by Crippen LogP contribution is -2.33. The molecule has 1 unspecified atom stereocenters. The quantitative estimate of drug-likeness (QED) is 0.252. The van der Waals surface area contributed by atoms with Crippen LogP contribution in [0.2, 0.25) is 5.02 Å². The van der Waals surface area contributed by atoms with Crippen molar-refractivity contribution in [3.63, 3.8) is 0 Å². The van der Waals surface area contributed by atoms with Crippen molar-refractivity contribution in [1.82, 2.24) is 4.90 Å². The van der Waals surface area contributed by atoms with E-state index in [0.29, 0.717) is 41.1 Å². The van der Waals surface area contributed by atoms with Crippen LogP contribution >= 0.6 is 11.6 Å². The van der Waals surface area contributed by atoms with Crippen molar-refractivity contribution in [2.24, 2.45) is 0 Å². The molecule has 0 aliphatic carbocycles. The zero-order chi connectivity index (χ0) is 27.2. The van der Waals surface area contributed by atoms with Gasteiger partial charge in [0.2, 0.25) is 5.91 Å². The molecule has 0 bridgehead atoms. The van der Waals surface area contributed by atoms with E-state index in [2.05, 4.69) is 0 Å². The van der Waals surface area contributed by atoms with Crippen LogP contribution in [0.15, 0.2) is 72.8 Å². The first-order chi connectivity index (χ1) is 18.2. The number of halogens is 2. The molecule has 1 heterocycles. The first-order valence-electron chi connectivity index (χ1n) is 12.7. The molecule has 1 amide bonds. The monoisotopic (exact) mass is 535 g/mol. The molecule has 5 nitrogen and oxygen atoms in total. The van der Waals surface area contributed by atoms with E-state index in [0.717, 1.165) is 29.5 Å². The Kier molecular flexibility index (Phi) is 8.97. The van der Waals surface area contributed by atoms with Gasteiger partial charge in [-0.2, -0.15) is 0 Å². The first kappa shape index (κ1) is 27.6. The van der Waals surface area contributed by atoms with E-state index in [-0.39, 0.29) is 17.9 Å². The summed E-state index contributed by atoms with van der Waals surface area (Å²) in [5.74, 6) is -0.719. The van der Waals surface area contributed by atoms with Gasteiger partial charge in [-0.15, -0.1) is 0 Å². The van der Waals surface area contributed by atoms with Crippen molar-refractivity contribution in [3.05, 3.63) is 106 Å². The van der Waals surface area contributed by atoms with E-state index in [4.69, 9.17) is 16.3 Å². The Morgan fingerprint density at radius 3 is 2.66 bits per heavy atom. The van der Waals surface area contributed by atoms with Crippen LogP contribution in [0.3, 0.4) is 0 Å². The second-order valence-corrected chi connectivity index (χ2v) is 9.98. The third-order valence-corrected chi connectivity index (χ3v) is 7.13. The number of carbonyl (C=O) groups is 2. The summed E-state index contributed by atoms with van der Waals surface area (Å²) in [4.78, 5) is 25.9. The second-order valence-electron chi connectivity index (χ2n) is 9.55. The fourth-order valence-electron chi connectivity index (χ4n) is 4.86. The molecule has 1 N–H and O–H groups in total. The van der Waals surface area contributed by atoms with Crippen LogP contribution in [-0.2, 0) is 16.0 Å². The Morgan fingerprint density at radius 2 is 1.95 bits per heavy atom. The number of aliphatic hydroxyl groups is 1. The molecule has 7 heteroatoms. The molecule has 0 radical (unpaired) electrons. The Bertz CT molecular complexity index is 1340. The van der Waals surface area contributed by atoms with Crippen molar-refractivity contribution >= 4 is 23.5 Å². The molecule has 38 heavy (non-hydrogen) atoms. The molecule has 0 spiro atoms. The van der Waals surface area contributed by atoms with E-state index >= 15 is 0 Å². The van der Waals surface area contributed by atoms with Crippen molar-refractivity contribution in [2.75, 3.05) is 13.7 Å². The van der Waals surface area contributed by atoms with E-state index in [1.807, 2.05) is 42.2 Å². The van der Waals surface area contributed by atoms with Gasteiger partial charge in [-0.3, -0.25) is 4.79 Å². The summed E-state index contributed by atoms with van der Waals surface area (Å²) in [6.45, 7) is 2.49. The average Bonchev–Trinajstić information content (AvgIpc) is 3.25. The number of ether oxygens (including phenoxy) is 1. The molecule has 1 aliphatic rings. The van der Waals surface area contributed by atoms with E-state index in [1.54, 1.807) is 30.3 Å². The number of likely N-dealkylation sites (tertiary alicyclic amines) is 1. The molecule has 1 saturated heterocycles. The maximum Gasteiger partial charge on any atom is 0.337 e. The zero-order valence-corrected chi connectivity index (χ0v) is 22.2. The SMILES string of the molecule is COC(=O)c1ccc(CCCN2C(=O)CC[C@@H]2/C=C/C(O)c2cc(F)cc(-c3ccc(Cl)cc3C)c2)cc1. The summed E-state index contributed by atoms with van der Waals surface area (Å²) >= 11 is 6.06. The number of hydrogen-bond acceptors (Lipinski definition) is 4. The van der Waals surface area contributed by atoms with Crippen LogP contribution in [0.4, 0.5) is 4.39 Å². The minimum Gasteiger partial charge on any atom is -0.465 e. The minimum absolute atomic E-state index is 0.0847. The smallest absolute Gasteiger partial charge is 0.337 e. The van der Waals surface area contributed by atoms with Gasteiger partial charge in [0.1, 0.15) is 5.82 Å². The Morgan fingerprint density at radius 1 is 1.18 bits per heavy atom. The number of nitrogens with zero attached hydrogens (tertiary/aromatic N) is 1. The lowest BCUT2D eigenvalue weighted by molar-refractivity contribution is -0.128. The molecule has 1 fully saturated rings. The number of benzene rings is 3. The number of aliphatic hydroxyl groups excluding tert-OH is 1. The number of esters is 1. The summed E-state index contributed by atoms with van der Waals surface area (Å²) in [5.41, 5.74) is 4.45. The minimum atomic E-state index is -1.01. The summed E-state index contributed by atoms with van der Waals surface area (Å²) in [7, 11) is 1.35. The molecular weight excluding hydrogens is 505 g/mol. The molecule has 3 aromatic rings. The molecule has 0 aromatic heterocycles. The van der Waals surface area contributed by atoms with Gasteiger partial charge < -0.3 is 14.7 Å². The van der Waals surface area contributed by atoms with Crippen LogP contribution in [0.25, 0.3) is 11.1 Å². The van der Waals surface area contributed by atoms with Crippen LogP contribution in [0, 0.1) is 12.7 Å². The highest BCUT2D eigenvalue weighted by Gasteiger charge is 2.28. The average molecular weight is 536 g/mol. The maximum absolute atomic E-state index is 14.5. The predicted molar refractivity (Wildman–Crippen MR) is 147 cm³/mol. The molecule has 3 aromatic carbocycles. The van der Waals surface area contributed by atoms with Gasteiger partial charge in [0, 0.05) is 18.0 Å². The van der Waals surface area contributed by atoms with Gasteiger partial charge >= 0.3 is 5.97 Å². The molecule has 0 saturated carbocycles. The van der Waals surface area contributed by atoms with Gasteiger partial charge in [-0.25, -0.2) is 9.18 Å². The number of methoxy groups -OCH3 is 1. The number of amides is 1. The topological polar surface area (TPSA) is 66.8 Å². The number of rotatable bonds is 9. The van der Waals surface area contributed by atoms with Gasteiger partial charge in [0.15, 0.2) is 0 Å². The van der Waals surface area contributed by atoms with Crippen LogP contribution in [0.5, 0.6) is 0 Å². The lowest BCUT2D eigenvalue weighted by Gasteiger charge is -2.23. The summed E-state index contributed by atoms with van der Waals surface area (Å²) < 4.78 is 19.2. The van der Waals surface area contributed by atoms with Crippen LogP contribution < -0.4 is 0 Å². The standard InChI is InChI=1S/C31H31ClFNO4/c1-20-16-25(32)9-12-28(20)23-17-24(19-26(33)18-23)29(35)13-10-27-11-14-30(36)34(27)15-3-4-21-5-7-22(8-6-21)31(37)38-2/h5-10,12-13,16-19,27,29,35H,3-4,11,14-15H2,1-2H3/b13-10+/t27-,29?/m0/s1. The van der Waals surface area contributed by atoms with E-state index in [1.165, 1.54) is 19.2 Å². The molecule has 198 valence electrons. The van der Waals surface area contributed by atoms with Crippen molar-refractivity contribution in [1.29, 1.82) is 0 Å². The zero-order valence-electron chi connectivity index (χ0n) is 21.5. The lowest BCUT2D eigenvalue weighted by atomic mass is 9.96. The number of hydrogen-bond donors (Lipinski definition) is 1. The second kappa shape index (κ2) is 12.4. The molecule has 2 atom stereocenters. The molecular formula is C31H31ClFNO4. The van der Waals surface area contributed by atoms with E-state index in [9.17, 15) is 19.1 Å². The summed E-state index contributed by atoms with van der Waals surface area (Å²) in [6.07, 6.45) is 5.13. The van der Waals surface area contributed by atoms with Crippen LogP contribution in [0.1, 0.15) is 52.4 Å². The highest BCUT2D eigenvalue weighted by atomic mass is 35.5. The fraction of sp³-hybridized carbons (Fsp3) is 0.290. The summed E-state index contributed by atoms with van der Waals surface area (Å²) in [6, 6.07) is 17.1. The Hall–Kier alpha value is -3.48. The Labute approximate surface area is 227 Å². The molecule has 4 rings (SSSR count). The Balaban J connectivity index is 1.39. The van der Waals surface area contributed by atoms with Gasteiger partial charge in [-0.1, -0.05) is 42.0 Å². The van der Waals surface area contributed by atoms with Crippen molar-refractivity contribution < 1.29 is 23.8 Å². The van der Waals surface area contributed by atoms with E-state index < -0.39 is 11.9 Å². The van der Waals surface area contributed by atoms with Crippen molar-refractivity contribution in [3.8, 4) is 11.1 Å². The van der Waals surface area contributed by atoms with Gasteiger partial charge in [-0.05, 0) is 96.5 Å². The largest absolute Gasteiger partial charge is 0.465 e. The third kappa shape index (κ3) is 6.69. The number of carbonyl (C=O) groups excluding carboxylic acids is 2. The normalized spacial score (nSPS) is 16.3. The summed E-state index contributed by atoms with van der Waals surface area (Å²) in [5, 5.41) is 11.4. The third-order valence-electron chi connectivity index (χ3n) is 6.89. The fourth-order valence-corrected chi connectivity index (χ4v) is 5.09. The molecule has 1 aliphatic heterocycles. The van der Waals surface area contributed by atoms with Crippen LogP contribution in [-0.4, -0.2) is 41.6 Å². The first-order valence-corrected chi connectivity index (χ1v) is 13.0. The van der Waals surface area contributed by atoms with Gasteiger partial charge in [0.25, 0.3) is 0 Å². The maximum atomic E-state index is 14.5. The highest BCUT2D eigenvalue weighted by Crippen LogP contribution is 2.30. The van der Waals surface area contributed by atoms with Crippen molar-refractivity contribution in [2.45, 2.75) is 44.8 Å². The van der Waals surface area contributed by atoms with Gasteiger partial charge in [0.05, 0.1) is 24.8 Å². The number of aryl methyl sites for hydroxylation is 2. The highest BCUT2D eigenvalue weighted by molar-refractivity contribution is 6.30.